The standard InChI is InChI=1S/C65H62/c1-63(2)55-37-53-57(64(3,4)59-33-49(45-29-17-19-31-47(45)61(53)59)43-27-15-13-25-41(43)39-21-9-7-10-22-39)35-51(55)52-36-58-54(38-56(52)63)62-48-32-20-18-30-46(48)50(34-60(62)65(58,5)6)44-28-16-14-26-42(44)40-23-11-8-12-24-40/h7,9,14,16-20,25-40H,8,10-13,15,21-24H2,1-6H3. The molecule has 0 heterocycles. The van der Waals surface area contributed by atoms with E-state index in [1.807, 2.05) is 0 Å². The molecular weight excluding hydrogens is 781 g/mol. The van der Waals surface area contributed by atoms with Gasteiger partial charge in [0, 0.05) is 16.2 Å². The highest BCUT2D eigenvalue weighted by atomic mass is 14.5. The molecule has 0 bridgehead atoms. The van der Waals surface area contributed by atoms with Crippen LogP contribution in [0.1, 0.15) is 156 Å². The second kappa shape index (κ2) is 14.1. The molecule has 7 aromatic rings. The fourth-order valence-electron chi connectivity index (χ4n) is 14.3. The van der Waals surface area contributed by atoms with Gasteiger partial charge in [0.15, 0.2) is 0 Å². The largest absolute Gasteiger partial charge is 0.0885 e. The lowest BCUT2D eigenvalue weighted by atomic mass is 9.75. The Hall–Kier alpha value is -5.72. The van der Waals surface area contributed by atoms with Crippen LogP contribution in [0.5, 0.6) is 0 Å². The molecule has 1 saturated carbocycles. The SMILES string of the molecule is CC1(C)c2cc3c(cc2-c2cc4c(cc21)-c1c(cc(-c2ccccc2C2CCCCC2)c2ccccc12)C4(C)C)C(C)(C)c1cc(C2=CCCC=C2C2CC=CCC2)c2ccccc2c1-3. The number of hydrogen-bond acceptors (Lipinski definition) is 0. The van der Waals surface area contributed by atoms with Crippen molar-refractivity contribution in [1.82, 2.24) is 0 Å². The van der Waals surface area contributed by atoms with E-state index in [9.17, 15) is 0 Å². The minimum atomic E-state index is -0.153. The summed E-state index contributed by atoms with van der Waals surface area (Å²) in [6.45, 7) is 15.0. The second-order valence-corrected chi connectivity index (χ2v) is 22.3. The average molecular weight is 843 g/mol. The molecule has 13 rings (SSSR count). The van der Waals surface area contributed by atoms with Crippen LogP contribution in [-0.4, -0.2) is 0 Å². The van der Waals surface area contributed by atoms with Crippen molar-refractivity contribution in [3.63, 3.8) is 0 Å². The fraction of sp³-hybridized carbons (Fsp3) is 0.323. The summed E-state index contributed by atoms with van der Waals surface area (Å²) in [5.74, 6) is 1.25. The van der Waals surface area contributed by atoms with Crippen LogP contribution in [0.2, 0.25) is 0 Å². The molecule has 0 aliphatic heterocycles. The molecule has 0 amide bonds. The van der Waals surface area contributed by atoms with Gasteiger partial charge in [-0.3, -0.25) is 0 Å². The van der Waals surface area contributed by atoms with E-state index in [1.54, 1.807) is 11.1 Å². The van der Waals surface area contributed by atoms with Crippen LogP contribution in [0, 0.1) is 5.92 Å². The Morgan fingerprint density at radius 1 is 0.385 bits per heavy atom. The highest BCUT2D eigenvalue weighted by molar-refractivity contribution is 6.11. The maximum absolute atomic E-state index is 2.64. The van der Waals surface area contributed by atoms with Crippen molar-refractivity contribution in [2.75, 3.05) is 0 Å². The molecule has 0 aromatic heterocycles. The number of allylic oxidation sites excluding steroid dienone is 6. The van der Waals surface area contributed by atoms with Crippen molar-refractivity contribution < 1.29 is 0 Å². The topological polar surface area (TPSA) is 0 Å². The van der Waals surface area contributed by atoms with Crippen molar-refractivity contribution in [1.29, 1.82) is 0 Å². The van der Waals surface area contributed by atoms with Gasteiger partial charge < -0.3 is 0 Å². The quantitative estimate of drug-likeness (QED) is 0.155. The van der Waals surface area contributed by atoms with E-state index < -0.39 is 0 Å². The lowest BCUT2D eigenvalue weighted by Gasteiger charge is -2.28. The lowest BCUT2D eigenvalue weighted by Crippen LogP contribution is -2.17. The monoisotopic (exact) mass is 842 g/mol. The Bertz CT molecular complexity index is 3290. The Balaban J connectivity index is 0.963. The summed E-state index contributed by atoms with van der Waals surface area (Å²) in [5, 5.41) is 5.57. The van der Waals surface area contributed by atoms with Crippen LogP contribution in [0.3, 0.4) is 0 Å². The van der Waals surface area contributed by atoms with Crippen molar-refractivity contribution in [3.05, 3.63) is 184 Å². The van der Waals surface area contributed by atoms with Gasteiger partial charge in [-0.2, -0.15) is 0 Å². The van der Waals surface area contributed by atoms with E-state index >= 15 is 0 Å². The first-order valence-electron chi connectivity index (χ1n) is 25.2. The minimum absolute atomic E-state index is 0.145. The van der Waals surface area contributed by atoms with Gasteiger partial charge in [-0.1, -0.05) is 158 Å². The van der Waals surface area contributed by atoms with Crippen LogP contribution in [0.15, 0.2) is 139 Å². The van der Waals surface area contributed by atoms with Crippen molar-refractivity contribution in [3.8, 4) is 44.5 Å². The predicted molar refractivity (Wildman–Crippen MR) is 277 cm³/mol. The van der Waals surface area contributed by atoms with Crippen LogP contribution in [-0.2, 0) is 16.2 Å². The Labute approximate surface area is 387 Å². The van der Waals surface area contributed by atoms with E-state index in [0.29, 0.717) is 11.8 Å². The summed E-state index contributed by atoms with van der Waals surface area (Å²) in [6.07, 6.45) is 22.5. The number of benzene rings is 7. The molecule has 0 spiro atoms. The highest BCUT2D eigenvalue weighted by Crippen LogP contribution is 2.62. The molecule has 6 aliphatic rings. The predicted octanol–water partition coefficient (Wildman–Crippen LogP) is 18.1. The van der Waals surface area contributed by atoms with Gasteiger partial charge in [-0.15, -0.1) is 0 Å². The molecular formula is C65H62. The third-order valence-corrected chi connectivity index (χ3v) is 17.8. The first-order valence-corrected chi connectivity index (χ1v) is 25.2. The van der Waals surface area contributed by atoms with Gasteiger partial charge in [0.05, 0.1) is 0 Å². The van der Waals surface area contributed by atoms with Crippen LogP contribution < -0.4 is 0 Å². The third kappa shape index (κ3) is 5.56. The van der Waals surface area contributed by atoms with E-state index in [1.165, 1.54) is 156 Å². The van der Waals surface area contributed by atoms with Gasteiger partial charge in [0.1, 0.15) is 0 Å². The van der Waals surface area contributed by atoms with Gasteiger partial charge >= 0.3 is 0 Å². The van der Waals surface area contributed by atoms with Crippen LogP contribution in [0.25, 0.3) is 71.6 Å². The molecule has 1 fully saturated rings. The number of rotatable bonds is 4. The second-order valence-electron chi connectivity index (χ2n) is 22.3. The summed E-state index contributed by atoms with van der Waals surface area (Å²) in [7, 11) is 0. The molecule has 0 heteroatoms. The Morgan fingerprint density at radius 2 is 0.877 bits per heavy atom. The molecule has 1 atom stereocenters. The third-order valence-electron chi connectivity index (χ3n) is 17.8. The van der Waals surface area contributed by atoms with Crippen LogP contribution in [0.4, 0.5) is 0 Å². The Morgan fingerprint density at radius 3 is 1.49 bits per heavy atom. The van der Waals surface area contributed by atoms with E-state index in [0.717, 1.165) is 19.3 Å². The molecule has 0 N–H and O–H groups in total. The zero-order valence-corrected chi connectivity index (χ0v) is 39.4. The summed E-state index contributed by atoms with van der Waals surface area (Å²) < 4.78 is 0. The smallest absolute Gasteiger partial charge is 0.0159 e. The fourth-order valence-corrected chi connectivity index (χ4v) is 14.3. The van der Waals surface area contributed by atoms with Gasteiger partial charge in [-0.05, 0) is 215 Å². The summed E-state index contributed by atoms with van der Waals surface area (Å²) in [4.78, 5) is 0. The number of fused-ring (bicyclic) bond motifs is 13. The molecule has 0 radical (unpaired) electrons. The molecule has 65 heavy (non-hydrogen) atoms. The zero-order valence-electron chi connectivity index (χ0n) is 39.4. The highest BCUT2D eigenvalue weighted by Gasteiger charge is 2.46. The van der Waals surface area contributed by atoms with E-state index in [-0.39, 0.29) is 16.2 Å². The Kier molecular flexibility index (Phi) is 8.62. The molecule has 6 aliphatic carbocycles. The summed E-state index contributed by atoms with van der Waals surface area (Å²) in [6, 6.07) is 43.9. The molecule has 0 nitrogen and oxygen atoms in total. The van der Waals surface area contributed by atoms with Gasteiger partial charge in [0.2, 0.25) is 0 Å². The molecule has 1 unspecified atom stereocenters. The van der Waals surface area contributed by atoms with Gasteiger partial charge in [0.25, 0.3) is 0 Å². The average Bonchev–Trinajstić information content (AvgIpc) is 3.81. The van der Waals surface area contributed by atoms with E-state index in [2.05, 4.69) is 175 Å². The normalized spacial score (nSPS) is 20.7. The van der Waals surface area contributed by atoms with Crippen molar-refractivity contribution >= 4 is 27.1 Å². The molecule has 322 valence electrons. The summed E-state index contributed by atoms with van der Waals surface area (Å²) in [5.41, 5.74) is 25.9. The summed E-state index contributed by atoms with van der Waals surface area (Å²) >= 11 is 0. The first-order chi connectivity index (χ1) is 31.5. The van der Waals surface area contributed by atoms with Crippen LogP contribution >= 0.6 is 0 Å². The van der Waals surface area contributed by atoms with Crippen molar-refractivity contribution in [2.45, 2.75) is 128 Å². The van der Waals surface area contributed by atoms with Gasteiger partial charge in [-0.25, -0.2) is 0 Å². The molecule has 7 aromatic carbocycles. The minimum Gasteiger partial charge on any atom is -0.0885 e. The van der Waals surface area contributed by atoms with Crippen molar-refractivity contribution in [2.24, 2.45) is 5.92 Å². The number of hydrogen-bond donors (Lipinski definition) is 0. The maximum atomic E-state index is 2.64. The first kappa shape index (κ1) is 39.6. The lowest BCUT2D eigenvalue weighted by molar-refractivity contribution is 0.444. The molecule has 0 saturated heterocycles. The zero-order chi connectivity index (χ0) is 44.0. The van der Waals surface area contributed by atoms with E-state index in [4.69, 9.17) is 0 Å². The maximum Gasteiger partial charge on any atom is 0.0159 e.